The van der Waals surface area contributed by atoms with Crippen LogP contribution in [-0.2, 0) is 16.4 Å². The summed E-state index contributed by atoms with van der Waals surface area (Å²) < 4.78 is 27.3. The molecule has 6 heteroatoms. The molecule has 2 heterocycles. The first kappa shape index (κ1) is 13.9. The maximum atomic E-state index is 12.9. The molecule has 0 saturated carbocycles. The van der Waals surface area contributed by atoms with E-state index in [0.717, 1.165) is 29.7 Å². The van der Waals surface area contributed by atoms with Gasteiger partial charge in [0.05, 0.1) is 5.69 Å². The predicted molar refractivity (Wildman–Crippen MR) is 82.7 cm³/mol. The first-order valence-electron chi connectivity index (χ1n) is 6.83. The number of hydrogen-bond acceptors (Lipinski definition) is 4. The fourth-order valence-electron chi connectivity index (χ4n) is 2.78. The average Bonchev–Trinajstić information content (AvgIpc) is 2.47. The van der Waals surface area contributed by atoms with Crippen LogP contribution in [0, 0.1) is 6.92 Å². The van der Waals surface area contributed by atoms with Crippen LogP contribution in [0.25, 0.3) is 0 Å². The first-order valence-corrected chi connectivity index (χ1v) is 8.27. The van der Waals surface area contributed by atoms with Crippen molar-refractivity contribution < 1.29 is 8.42 Å². The number of hydrogen-bond donors (Lipinski definition) is 1. The standard InChI is InChI=1S/C15H17N3O2S/c1-11-5-2-6-12-7-4-10-18(14(11)12)21(19,20)13-8-3-9-17-15(13)16/h2-3,5-6,8-9H,4,7,10H2,1H3,(H2,16,17). The molecular formula is C15H17N3O2S. The van der Waals surface area contributed by atoms with Crippen LogP contribution in [0.1, 0.15) is 17.5 Å². The van der Waals surface area contributed by atoms with Crippen LogP contribution < -0.4 is 10.0 Å². The smallest absolute Gasteiger partial charge is 0.268 e. The lowest BCUT2D eigenvalue weighted by Crippen LogP contribution is -2.36. The van der Waals surface area contributed by atoms with Crippen molar-refractivity contribution in [1.29, 1.82) is 0 Å². The number of nitrogen functional groups attached to an aromatic ring is 1. The molecule has 0 radical (unpaired) electrons. The molecule has 2 N–H and O–H groups in total. The molecule has 1 aliphatic rings. The van der Waals surface area contributed by atoms with Crippen LogP contribution in [0.3, 0.4) is 0 Å². The van der Waals surface area contributed by atoms with Crippen molar-refractivity contribution in [2.24, 2.45) is 0 Å². The van der Waals surface area contributed by atoms with Crippen molar-refractivity contribution >= 4 is 21.5 Å². The number of aromatic nitrogens is 1. The summed E-state index contributed by atoms with van der Waals surface area (Å²) in [5.41, 5.74) is 8.56. The van der Waals surface area contributed by atoms with Crippen molar-refractivity contribution in [1.82, 2.24) is 4.98 Å². The molecule has 0 aliphatic carbocycles. The van der Waals surface area contributed by atoms with Crippen LogP contribution in [0.15, 0.2) is 41.4 Å². The van der Waals surface area contributed by atoms with Crippen LogP contribution >= 0.6 is 0 Å². The zero-order chi connectivity index (χ0) is 15.0. The van der Waals surface area contributed by atoms with E-state index in [0.29, 0.717) is 6.54 Å². The summed E-state index contributed by atoms with van der Waals surface area (Å²) in [5.74, 6) is 0.0400. The third-order valence-corrected chi connectivity index (χ3v) is 5.59. The minimum atomic E-state index is -3.68. The minimum absolute atomic E-state index is 0.0400. The lowest BCUT2D eigenvalue weighted by atomic mass is 10.0. The fraction of sp³-hybridized carbons (Fsp3) is 0.267. The Kier molecular flexibility index (Phi) is 3.33. The van der Waals surface area contributed by atoms with Crippen molar-refractivity contribution in [3.63, 3.8) is 0 Å². The van der Waals surface area contributed by atoms with Crippen LogP contribution in [-0.4, -0.2) is 19.9 Å². The number of fused-ring (bicyclic) bond motifs is 1. The number of anilines is 2. The summed E-state index contributed by atoms with van der Waals surface area (Å²) >= 11 is 0. The van der Waals surface area contributed by atoms with E-state index in [2.05, 4.69) is 4.98 Å². The Bertz CT molecular complexity index is 787. The van der Waals surface area contributed by atoms with Crippen molar-refractivity contribution in [2.75, 3.05) is 16.6 Å². The van der Waals surface area contributed by atoms with Crippen molar-refractivity contribution in [3.8, 4) is 0 Å². The van der Waals surface area contributed by atoms with Gasteiger partial charge in [-0.05, 0) is 43.0 Å². The van der Waals surface area contributed by atoms with E-state index in [-0.39, 0.29) is 10.7 Å². The van der Waals surface area contributed by atoms with E-state index < -0.39 is 10.0 Å². The Morgan fingerprint density at radius 1 is 1.24 bits per heavy atom. The molecule has 0 amide bonds. The second kappa shape index (κ2) is 5.04. The van der Waals surface area contributed by atoms with E-state index in [1.54, 1.807) is 6.07 Å². The van der Waals surface area contributed by atoms with Gasteiger partial charge >= 0.3 is 0 Å². The summed E-state index contributed by atoms with van der Waals surface area (Å²) in [6.07, 6.45) is 3.19. The molecular weight excluding hydrogens is 286 g/mol. The molecule has 1 aliphatic heterocycles. The molecule has 1 aromatic heterocycles. The van der Waals surface area contributed by atoms with Crippen molar-refractivity contribution in [2.45, 2.75) is 24.7 Å². The van der Waals surface area contributed by atoms with Crippen LogP contribution in [0.5, 0.6) is 0 Å². The highest BCUT2D eigenvalue weighted by atomic mass is 32.2. The topological polar surface area (TPSA) is 76.3 Å². The molecule has 1 aromatic carbocycles. The van der Waals surface area contributed by atoms with E-state index in [4.69, 9.17) is 5.73 Å². The molecule has 21 heavy (non-hydrogen) atoms. The van der Waals surface area contributed by atoms with Gasteiger partial charge in [-0.15, -0.1) is 0 Å². The number of sulfonamides is 1. The summed E-state index contributed by atoms with van der Waals surface area (Å²) in [7, 11) is -3.68. The molecule has 5 nitrogen and oxygen atoms in total. The van der Waals surface area contributed by atoms with Gasteiger partial charge in [0.2, 0.25) is 0 Å². The lowest BCUT2D eigenvalue weighted by molar-refractivity contribution is 0.586. The Balaban J connectivity index is 2.17. The molecule has 110 valence electrons. The molecule has 0 spiro atoms. The maximum Gasteiger partial charge on any atom is 0.268 e. The van der Waals surface area contributed by atoms with Gasteiger partial charge in [-0.2, -0.15) is 0 Å². The summed E-state index contributed by atoms with van der Waals surface area (Å²) in [5, 5.41) is 0. The minimum Gasteiger partial charge on any atom is -0.383 e. The second-order valence-electron chi connectivity index (χ2n) is 5.15. The predicted octanol–water partition coefficient (Wildman–Crippen LogP) is 2.11. The van der Waals surface area contributed by atoms with Gasteiger partial charge < -0.3 is 5.73 Å². The molecule has 0 unspecified atom stereocenters. The summed E-state index contributed by atoms with van der Waals surface area (Å²) in [4.78, 5) is 3.96. The Morgan fingerprint density at radius 2 is 2.05 bits per heavy atom. The lowest BCUT2D eigenvalue weighted by Gasteiger charge is -2.32. The van der Waals surface area contributed by atoms with Gasteiger partial charge in [-0.25, -0.2) is 13.4 Å². The molecule has 0 saturated heterocycles. The fourth-order valence-corrected chi connectivity index (χ4v) is 4.46. The Labute approximate surface area is 124 Å². The van der Waals surface area contributed by atoms with E-state index in [1.165, 1.54) is 16.6 Å². The van der Waals surface area contributed by atoms with Gasteiger partial charge in [-0.1, -0.05) is 18.2 Å². The molecule has 3 rings (SSSR count). The molecule has 2 aromatic rings. The van der Waals surface area contributed by atoms with Gasteiger partial charge in [0.15, 0.2) is 0 Å². The second-order valence-corrected chi connectivity index (χ2v) is 6.98. The third-order valence-electron chi connectivity index (χ3n) is 3.75. The normalized spacial score (nSPS) is 14.8. The summed E-state index contributed by atoms with van der Waals surface area (Å²) in [6, 6.07) is 8.97. The van der Waals surface area contributed by atoms with Crippen LogP contribution in [0.2, 0.25) is 0 Å². The molecule has 0 atom stereocenters. The number of nitrogens with two attached hydrogens (primary N) is 1. The highest BCUT2D eigenvalue weighted by molar-refractivity contribution is 7.93. The third kappa shape index (κ3) is 2.25. The monoisotopic (exact) mass is 303 g/mol. The number of pyridine rings is 1. The highest BCUT2D eigenvalue weighted by Gasteiger charge is 2.31. The quantitative estimate of drug-likeness (QED) is 0.922. The van der Waals surface area contributed by atoms with E-state index in [1.807, 2.05) is 25.1 Å². The SMILES string of the molecule is Cc1cccc2c1N(S(=O)(=O)c1cccnc1N)CCC2. The van der Waals surface area contributed by atoms with Gasteiger partial charge in [0, 0.05) is 12.7 Å². The zero-order valence-corrected chi connectivity index (χ0v) is 12.6. The average molecular weight is 303 g/mol. The van der Waals surface area contributed by atoms with Gasteiger partial charge in [0.25, 0.3) is 10.0 Å². The molecule has 0 fully saturated rings. The van der Waals surface area contributed by atoms with Crippen LogP contribution in [0.4, 0.5) is 11.5 Å². The number of aryl methyl sites for hydroxylation is 2. The van der Waals surface area contributed by atoms with Gasteiger partial charge in [-0.3, -0.25) is 4.31 Å². The first-order chi connectivity index (χ1) is 10.0. The van der Waals surface area contributed by atoms with Crippen molar-refractivity contribution in [3.05, 3.63) is 47.7 Å². The zero-order valence-electron chi connectivity index (χ0n) is 11.8. The van der Waals surface area contributed by atoms with Gasteiger partial charge in [0.1, 0.15) is 10.7 Å². The Morgan fingerprint density at radius 3 is 2.81 bits per heavy atom. The number of para-hydroxylation sites is 1. The summed E-state index contributed by atoms with van der Waals surface area (Å²) in [6.45, 7) is 2.40. The molecule has 0 bridgehead atoms. The Hall–Kier alpha value is -2.08. The number of benzene rings is 1. The van der Waals surface area contributed by atoms with E-state index in [9.17, 15) is 8.42 Å². The number of rotatable bonds is 2. The number of nitrogens with zero attached hydrogens (tertiary/aromatic N) is 2. The highest BCUT2D eigenvalue weighted by Crippen LogP contribution is 2.35. The maximum absolute atomic E-state index is 12.9. The largest absolute Gasteiger partial charge is 0.383 e. The van der Waals surface area contributed by atoms with E-state index >= 15 is 0 Å².